The van der Waals surface area contributed by atoms with E-state index in [9.17, 15) is 10.1 Å². The van der Waals surface area contributed by atoms with Crippen LogP contribution >= 0.6 is 27.5 Å². The molecule has 0 fully saturated rings. The van der Waals surface area contributed by atoms with Crippen molar-refractivity contribution >= 4 is 38.2 Å². The zero-order chi connectivity index (χ0) is 13.1. The van der Waals surface area contributed by atoms with Gasteiger partial charge in [0.25, 0.3) is 5.69 Å². The fourth-order valence-corrected chi connectivity index (χ4v) is 1.97. The number of aromatic nitrogens is 2. The standard InChI is InChI=1S/C9H7BrN4O3S/c10-6-2-1-5(14(15)16)3-8(6)17-4-7-9(11)18-13-12-7/h1-3H,4,11H2. The van der Waals surface area contributed by atoms with Crippen LogP contribution in [-0.2, 0) is 6.61 Å². The number of nitrogens with two attached hydrogens (primary N) is 1. The van der Waals surface area contributed by atoms with Crippen LogP contribution in [-0.4, -0.2) is 14.5 Å². The monoisotopic (exact) mass is 330 g/mol. The van der Waals surface area contributed by atoms with Gasteiger partial charge in [-0.25, -0.2) is 0 Å². The first-order chi connectivity index (χ1) is 8.58. The van der Waals surface area contributed by atoms with Crippen LogP contribution in [0.1, 0.15) is 5.69 Å². The van der Waals surface area contributed by atoms with E-state index >= 15 is 0 Å². The molecule has 1 aromatic heterocycles. The Hall–Kier alpha value is -1.74. The Bertz CT molecular complexity index is 589. The number of anilines is 1. The highest BCUT2D eigenvalue weighted by atomic mass is 79.9. The Morgan fingerprint density at radius 2 is 2.33 bits per heavy atom. The van der Waals surface area contributed by atoms with E-state index in [1.54, 1.807) is 6.07 Å². The van der Waals surface area contributed by atoms with Crippen LogP contribution in [0, 0.1) is 10.1 Å². The van der Waals surface area contributed by atoms with Crippen molar-refractivity contribution in [1.29, 1.82) is 0 Å². The summed E-state index contributed by atoms with van der Waals surface area (Å²) in [5, 5.41) is 14.9. The number of rotatable bonds is 4. The third-order valence-corrected chi connectivity index (χ3v) is 3.33. The van der Waals surface area contributed by atoms with E-state index in [0.717, 1.165) is 11.5 Å². The predicted octanol–water partition coefficient (Wildman–Crippen LogP) is 2.37. The first-order valence-electron chi connectivity index (χ1n) is 4.71. The average molecular weight is 331 g/mol. The van der Waals surface area contributed by atoms with Crippen molar-refractivity contribution in [1.82, 2.24) is 9.59 Å². The Kier molecular flexibility index (Phi) is 3.72. The summed E-state index contributed by atoms with van der Waals surface area (Å²) in [5.41, 5.74) is 6.08. The Balaban J connectivity index is 2.16. The summed E-state index contributed by atoms with van der Waals surface area (Å²) in [7, 11) is 0. The quantitative estimate of drug-likeness (QED) is 0.681. The van der Waals surface area contributed by atoms with Crippen molar-refractivity contribution in [2.45, 2.75) is 6.61 Å². The number of hydrogen-bond acceptors (Lipinski definition) is 7. The first kappa shape index (κ1) is 12.7. The molecule has 0 amide bonds. The van der Waals surface area contributed by atoms with Crippen LogP contribution in [0.5, 0.6) is 5.75 Å². The summed E-state index contributed by atoms with van der Waals surface area (Å²) in [6.45, 7) is 0.113. The van der Waals surface area contributed by atoms with Gasteiger partial charge in [0.05, 0.1) is 15.5 Å². The van der Waals surface area contributed by atoms with Crippen molar-refractivity contribution in [3.05, 3.63) is 38.5 Å². The number of benzene rings is 1. The Morgan fingerprint density at radius 1 is 1.56 bits per heavy atom. The van der Waals surface area contributed by atoms with E-state index in [0.29, 0.717) is 20.9 Å². The SMILES string of the molecule is Nc1snnc1COc1cc([N+](=O)[O-])ccc1Br. The van der Waals surface area contributed by atoms with Gasteiger partial charge in [0.15, 0.2) is 0 Å². The van der Waals surface area contributed by atoms with Gasteiger partial charge in [0, 0.05) is 17.6 Å². The van der Waals surface area contributed by atoms with Crippen molar-refractivity contribution in [3.8, 4) is 5.75 Å². The third-order valence-electron chi connectivity index (χ3n) is 2.08. The molecular weight excluding hydrogens is 324 g/mol. The largest absolute Gasteiger partial charge is 0.486 e. The molecule has 0 radical (unpaired) electrons. The first-order valence-corrected chi connectivity index (χ1v) is 6.28. The Morgan fingerprint density at radius 3 is 2.94 bits per heavy atom. The lowest BCUT2D eigenvalue weighted by Gasteiger charge is -2.06. The fourth-order valence-electron chi connectivity index (χ4n) is 1.18. The molecule has 9 heteroatoms. The highest BCUT2D eigenvalue weighted by Gasteiger charge is 2.12. The molecule has 0 aliphatic heterocycles. The molecule has 0 aliphatic rings. The molecule has 0 saturated heterocycles. The fraction of sp³-hybridized carbons (Fsp3) is 0.111. The number of nitro benzene ring substituents is 1. The number of nitrogen functional groups attached to an aromatic ring is 1. The van der Waals surface area contributed by atoms with Gasteiger partial charge >= 0.3 is 0 Å². The lowest BCUT2D eigenvalue weighted by atomic mass is 10.3. The maximum absolute atomic E-state index is 10.6. The molecule has 0 aliphatic carbocycles. The van der Waals surface area contributed by atoms with E-state index < -0.39 is 4.92 Å². The van der Waals surface area contributed by atoms with E-state index in [1.165, 1.54) is 12.1 Å². The van der Waals surface area contributed by atoms with Gasteiger partial charge in [-0.05, 0) is 22.0 Å². The predicted molar refractivity (Wildman–Crippen MR) is 69.4 cm³/mol. The number of nitrogens with zero attached hydrogens (tertiary/aromatic N) is 3. The molecule has 94 valence electrons. The van der Waals surface area contributed by atoms with E-state index in [2.05, 4.69) is 25.5 Å². The molecule has 2 aromatic rings. The minimum atomic E-state index is -0.488. The van der Waals surface area contributed by atoms with E-state index in [1.807, 2.05) is 0 Å². The van der Waals surface area contributed by atoms with Gasteiger partial charge in [0.1, 0.15) is 23.1 Å². The van der Waals surface area contributed by atoms with Crippen LogP contribution in [0.25, 0.3) is 0 Å². The molecule has 0 bridgehead atoms. The third kappa shape index (κ3) is 2.74. The molecule has 0 unspecified atom stereocenters. The number of halogens is 1. The Labute approximate surface area is 114 Å². The second-order valence-electron chi connectivity index (χ2n) is 3.24. The van der Waals surface area contributed by atoms with Crippen LogP contribution in [0.3, 0.4) is 0 Å². The maximum Gasteiger partial charge on any atom is 0.273 e. The molecular formula is C9H7BrN4O3S. The normalized spacial score (nSPS) is 10.3. The van der Waals surface area contributed by atoms with Gasteiger partial charge < -0.3 is 10.5 Å². The minimum absolute atomic E-state index is 0.0439. The second-order valence-corrected chi connectivity index (χ2v) is 4.88. The summed E-state index contributed by atoms with van der Waals surface area (Å²) in [5.74, 6) is 0.358. The van der Waals surface area contributed by atoms with Crippen LogP contribution in [0.4, 0.5) is 10.7 Å². The molecule has 0 saturated carbocycles. The summed E-state index contributed by atoms with van der Waals surface area (Å²) in [6.07, 6.45) is 0. The lowest BCUT2D eigenvalue weighted by Crippen LogP contribution is -2.00. The van der Waals surface area contributed by atoms with Crippen molar-refractivity contribution < 1.29 is 9.66 Å². The van der Waals surface area contributed by atoms with Crippen LogP contribution < -0.4 is 10.5 Å². The molecule has 1 aromatic carbocycles. The van der Waals surface area contributed by atoms with E-state index in [-0.39, 0.29) is 12.3 Å². The van der Waals surface area contributed by atoms with Gasteiger partial charge in [0.2, 0.25) is 0 Å². The number of hydrogen-bond donors (Lipinski definition) is 1. The molecule has 2 N–H and O–H groups in total. The summed E-state index contributed by atoms with van der Waals surface area (Å²) in [6, 6.07) is 4.27. The molecule has 0 spiro atoms. The molecule has 0 atom stereocenters. The number of non-ortho nitro benzene ring substituents is 1. The second kappa shape index (κ2) is 5.27. The number of nitro groups is 1. The topological polar surface area (TPSA) is 104 Å². The molecule has 1 heterocycles. The zero-order valence-electron chi connectivity index (χ0n) is 8.87. The maximum atomic E-state index is 10.6. The smallest absolute Gasteiger partial charge is 0.273 e. The van der Waals surface area contributed by atoms with Gasteiger partial charge in [-0.2, -0.15) is 0 Å². The highest BCUT2D eigenvalue weighted by molar-refractivity contribution is 9.10. The average Bonchev–Trinajstić information content (AvgIpc) is 2.73. The van der Waals surface area contributed by atoms with Crippen LogP contribution in [0.15, 0.2) is 22.7 Å². The van der Waals surface area contributed by atoms with E-state index in [4.69, 9.17) is 10.5 Å². The lowest BCUT2D eigenvalue weighted by molar-refractivity contribution is -0.385. The minimum Gasteiger partial charge on any atom is -0.486 e. The highest BCUT2D eigenvalue weighted by Crippen LogP contribution is 2.30. The molecule has 2 rings (SSSR count). The van der Waals surface area contributed by atoms with Crippen molar-refractivity contribution in [2.24, 2.45) is 0 Å². The molecule has 18 heavy (non-hydrogen) atoms. The van der Waals surface area contributed by atoms with Crippen molar-refractivity contribution in [2.75, 3.05) is 5.73 Å². The zero-order valence-corrected chi connectivity index (χ0v) is 11.3. The van der Waals surface area contributed by atoms with Crippen molar-refractivity contribution in [3.63, 3.8) is 0 Å². The summed E-state index contributed by atoms with van der Waals surface area (Å²) >= 11 is 4.32. The van der Waals surface area contributed by atoms with Gasteiger partial charge in [-0.15, -0.1) is 5.10 Å². The van der Waals surface area contributed by atoms with Gasteiger partial charge in [-0.1, -0.05) is 4.49 Å². The summed E-state index contributed by atoms with van der Waals surface area (Å²) < 4.78 is 9.71. The summed E-state index contributed by atoms with van der Waals surface area (Å²) in [4.78, 5) is 10.2. The van der Waals surface area contributed by atoms with Gasteiger partial charge in [-0.3, -0.25) is 10.1 Å². The molecule has 7 nitrogen and oxygen atoms in total. The number of ether oxygens (including phenoxy) is 1. The van der Waals surface area contributed by atoms with Crippen LogP contribution in [0.2, 0.25) is 0 Å².